The van der Waals surface area contributed by atoms with Gasteiger partial charge >= 0.3 is 0 Å². The van der Waals surface area contributed by atoms with Crippen molar-refractivity contribution in [3.8, 4) is 0 Å². The molecule has 24 heavy (non-hydrogen) atoms. The van der Waals surface area contributed by atoms with Crippen molar-refractivity contribution >= 4 is 11.7 Å². The molecule has 1 aliphatic heterocycles. The van der Waals surface area contributed by atoms with Crippen molar-refractivity contribution in [1.29, 1.82) is 0 Å². The highest BCUT2D eigenvalue weighted by molar-refractivity contribution is 6.20. The SMILES string of the molecule is CC1(C)CC(=O)C2=C(C1)O[C@@](c1ccccc1)(C(C)(C)C)NC2=O. The van der Waals surface area contributed by atoms with Crippen LogP contribution in [0.5, 0.6) is 0 Å². The van der Waals surface area contributed by atoms with Crippen molar-refractivity contribution in [3.63, 3.8) is 0 Å². The molecule has 2 aliphatic rings. The van der Waals surface area contributed by atoms with Gasteiger partial charge in [0, 0.05) is 23.8 Å². The molecule has 0 unspecified atom stereocenters. The highest BCUT2D eigenvalue weighted by Crippen LogP contribution is 2.48. The van der Waals surface area contributed by atoms with Crippen LogP contribution in [0.15, 0.2) is 41.7 Å². The van der Waals surface area contributed by atoms with Gasteiger partial charge in [-0.3, -0.25) is 9.59 Å². The minimum Gasteiger partial charge on any atom is -0.467 e. The molecule has 4 heteroatoms. The molecule has 0 aromatic heterocycles. The predicted molar refractivity (Wildman–Crippen MR) is 91.9 cm³/mol. The zero-order chi connectivity index (χ0) is 17.8. The van der Waals surface area contributed by atoms with Crippen molar-refractivity contribution in [2.75, 3.05) is 0 Å². The van der Waals surface area contributed by atoms with Crippen LogP contribution >= 0.6 is 0 Å². The Morgan fingerprint density at radius 2 is 1.67 bits per heavy atom. The van der Waals surface area contributed by atoms with Crippen LogP contribution in [0.25, 0.3) is 0 Å². The van der Waals surface area contributed by atoms with Gasteiger partial charge in [-0.1, -0.05) is 65.0 Å². The second-order valence-corrected chi connectivity index (χ2v) is 8.59. The number of carbonyl (C=O) groups is 2. The van der Waals surface area contributed by atoms with Gasteiger partial charge in [-0.05, 0) is 5.41 Å². The molecule has 1 amide bonds. The molecule has 1 aliphatic carbocycles. The van der Waals surface area contributed by atoms with Gasteiger partial charge in [0.15, 0.2) is 5.78 Å². The van der Waals surface area contributed by atoms with E-state index in [4.69, 9.17) is 4.74 Å². The number of Topliss-reactive ketones (excluding diaryl/α,β-unsaturated/α-hetero) is 1. The third-order valence-electron chi connectivity index (χ3n) is 4.87. The summed E-state index contributed by atoms with van der Waals surface area (Å²) < 4.78 is 6.43. The smallest absolute Gasteiger partial charge is 0.261 e. The Kier molecular flexibility index (Phi) is 3.63. The fraction of sp³-hybridized carbons (Fsp3) is 0.500. The molecule has 1 aromatic carbocycles. The lowest BCUT2D eigenvalue weighted by Crippen LogP contribution is -2.60. The maximum Gasteiger partial charge on any atom is 0.261 e. The number of hydrogen-bond acceptors (Lipinski definition) is 3. The van der Waals surface area contributed by atoms with Crippen molar-refractivity contribution in [2.45, 2.75) is 53.2 Å². The van der Waals surface area contributed by atoms with Gasteiger partial charge in [0.05, 0.1) is 0 Å². The number of ketones is 1. The summed E-state index contributed by atoms with van der Waals surface area (Å²) in [5.74, 6) is 0.0728. The van der Waals surface area contributed by atoms with Crippen molar-refractivity contribution < 1.29 is 14.3 Å². The van der Waals surface area contributed by atoms with Gasteiger partial charge < -0.3 is 10.1 Å². The Balaban J connectivity index is 2.16. The van der Waals surface area contributed by atoms with E-state index < -0.39 is 11.1 Å². The zero-order valence-electron chi connectivity index (χ0n) is 15.0. The van der Waals surface area contributed by atoms with E-state index in [-0.39, 0.29) is 22.7 Å². The summed E-state index contributed by atoms with van der Waals surface area (Å²) in [5.41, 5.74) is -0.503. The number of hydrogen-bond donors (Lipinski definition) is 1. The molecule has 1 atom stereocenters. The number of carbonyl (C=O) groups excluding carboxylic acids is 2. The minimum absolute atomic E-state index is 0.130. The third-order valence-corrected chi connectivity index (χ3v) is 4.87. The highest BCUT2D eigenvalue weighted by atomic mass is 16.5. The van der Waals surface area contributed by atoms with Crippen LogP contribution in [-0.4, -0.2) is 11.7 Å². The lowest BCUT2D eigenvalue weighted by molar-refractivity contribution is -0.159. The van der Waals surface area contributed by atoms with E-state index >= 15 is 0 Å². The Morgan fingerprint density at radius 1 is 1.04 bits per heavy atom. The molecule has 1 aromatic rings. The standard InChI is InChI=1S/C20H25NO3/c1-18(2,3)20(13-9-7-6-8-10-13)21-17(23)16-14(22)11-19(4,5)12-15(16)24-20/h6-10H,11-12H2,1-5H3,(H,21,23)/t20-/m0/s1. The number of ether oxygens (including phenoxy) is 1. The van der Waals surface area contributed by atoms with Crippen LogP contribution in [0.4, 0.5) is 0 Å². The normalized spacial score (nSPS) is 26.5. The first kappa shape index (κ1) is 16.7. The fourth-order valence-electron chi connectivity index (χ4n) is 3.61. The number of allylic oxidation sites excluding steroid dienone is 1. The van der Waals surface area contributed by atoms with Gasteiger partial charge in [-0.25, -0.2) is 0 Å². The molecule has 0 saturated carbocycles. The second kappa shape index (κ2) is 5.20. The van der Waals surface area contributed by atoms with E-state index in [0.717, 1.165) is 5.56 Å². The monoisotopic (exact) mass is 327 g/mol. The van der Waals surface area contributed by atoms with Gasteiger partial charge in [0.1, 0.15) is 11.3 Å². The molecule has 128 valence electrons. The largest absolute Gasteiger partial charge is 0.467 e. The summed E-state index contributed by atoms with van der Waals surface area (Å²) >= 11 is 0. The van der Waals surface area contributed by atoms with Crippen LogP contribution in [0, 0.1) is 10.8 Å². The summed E-state index contributed by atoms with van der Waals surface area (Å²) in [6.07, 6.45) is 0.961. The van der Waals surface area contributed by atoms with Crippen LogP contribution in [-0.2, 0) is 20.1 Å². The number of benzene rings is 1. The maximum absolute atomic E-state index is 12.8. The molecule has 0 saturated heterocycles. The first-order valence-electron chi connectivity index (χ1n) is 8.39. The van der Waals surface area contributed by atoms with E-state index in [2.05, 4.69) is 5.32 Å². The van der Waals surface area contributed by atoms with Gasteiger partial charge in [-0.2, -0.15) is 0 Å². The molecule has 0 radical (unpaired) electrons. The number of rotatable bonds is 1. The zero-order valence-corrected chi connectivity index (χ0v) is 15.0. The number of amides is 1. The lowest BCUT2D eigenvalue weighted by atomic mass is 9.73. The van der Waals surface area contributed by atoms with Gasteiger partial charge in [0.25, 0.3) is 5.91 Å². The van der Waals surface area contributed by atoms with Gasteiger partial charge in [0.2, 0.25) is 5.72 Å². The molecule has 4 nitrogen and oxygen atoms in total. The molecule has 0 spiro atoms. The third kappa shape index (κ3) is 2.54. The highest BCUT2D eigenvalue weighted by Gasteiger charge is 2.53. The molecule has 3 rings (SSSR count). The van der Waals surface area contributed by atoms with E-state index in [1.54, 1.807) is 0 Å². The van der Waals surface area contributed by atoms with Crippen molar-refractivity contribution in [2.24, 2.45) is 10.8 Å². The Labute approximate surface area is 143 Å². The molecule has 1 N–H and O–H groups in total. The van der Waals surface area contributed by atoms with E-state index in [9.17, 15) is 9.59 Å². The quantitative estimate of drug-likeness (QED) is 0.801. The van der Waals surface area contributed by atoms with E-state index in [1.807, 2.05) is 65.0 Å². The summed E-state index contributed by atoms with van der Waals surface area (Å²) in [5, 5.41) is 3.00. The van der Waals surface area contributed by atoms with Gasteiger partial charge in [-0.15, -0.1) is 0 Å². The summed E-state index contributed by atoms with van der Waals surface area (Å²) in [6.45, 7) is 10.2. The first-order chi connectivity index (χ1) is 11.1. The van der Waals surface area contributed by atoms with E-state index in [0.29, 0.717) is 18.6 Å². The van der Waals surface area contributed by atoms with Crippen LogP contribution in [0.3, 0.4) is 0 Å². The Hall–Kier alpha value is -2.10. The molecule has 0 fully saturated rings. The van der Waals surface area contributed by atoms with Crippen molar-refractivity contribution in [1.82, 2.24) is 5.32 Å². The molecular formula is C20H25NO3. The van der Waals surface area contributed by atoms with E-state index in [1.165, 1.54) is 0 Å². The first-order valence-corrected chi connectivity index (χ1v) is 8.39. The topological polar surface area (TPSA) is 55.4 Å². The molecule has 0 bridgehead atoms. The molecular weight excluding hydrogens is 302 g/mol. The van der Waals surface area contributed by atoms with Crippen LogP contribution < -0.4 is 5.32 Å². The Morgan fingerprint density at radius 3 is 2.25 bits per heavy atom. The minimum atomic E-state index is -0.988. The van der Waals surface area contributed by atoms with Crippen LogP contribution in [0.2, 0.25) is 0 Å². The predicted octanol–water partition coefficient (Wildman–Crippen LogP) is 3.68. The maximum atomic E-state index is 12.8. The summed E-state index contributed by atoms with van der Waals surface area (Å²) in [7, 11) is 0. The average Bonchev–Trinajstić information content (AvgIpc) is 2.44. The second-order valence-electron chi connectivity index (χ2n) is 8.59. The average molecular weight is 327 g/mol. The molecule has 1 heterocycles. The van der Waals surface area contributed by atoms with Crippen molar-refractivity contribution in [3.05, 3.63) is 47.2 Å². The summed E-state index contributed by atoms with van der Waals surface area (Å²) in [6, 6.07) is 9.69. The van der Waals surface area contributed by atoms with Crippen LogP contribution in [0.1, 0.15) is 53.0 Å². The number of nitrogens with one attached hydrogen (secondary N) is 1. The lowest BCUT2D eigenvalue weighted by Gasteiger charge is -2.50. The summed E-state index contributed by atoms with van der Waals surface area (Å²) in [4.78, 5) is 25.3. The fourth-order valence-corrected chi connectivity index (χ4v) is 3.61. The Bertz CT molecular complexity index is 725.